The van der Waals surface area contributed by atoms with Crippen LogP contribution in [-0.4, -0.2) is 47.7 Å². The standard InChI is InChI=1S/C24H41NO4/c1-4-20(25-15-7-12-24(25)27)9-6-11-21(28-18(3)26)10-5-8-17(2)19-13-14-22-23(16-19)29-22/h17,19-23H,4-16H2,1-3H3. The molecule has 6 atom stereocenters. The van der Waals surface area contributed by atoms with E-state index in [0.29, 0.717) is 30.6 Å². The lowest BCUT2D eigenvalue weighted by molar-refractivity contribution is -0.147. The second kappa shape index (κ2) is 10.8. The minimum Gasteiger partial charge on any atom is -0.463 e. The van der Waals surface area contributed by atoms with Crippen LogP contribution in [0.5, 0.6) is 0 Å². The van der Waals surface area contributed by atoms with Crippen LogP contribution in [0.1, 0.15) is 97.8 Å². The highest BCUT2D eigenvalue weighted by Crippen LogP contribution is 2.43. The van der Waals surface area contributed by atoms with E-state index < -0.39 is 0 Å². The molecule has 1 saturated carbocycles. The van der Waals surface area contributed by atoms with Crippen molar-refractivity contribution in [1.29, 1.82) is 0 Å². The van der Waals surface area contributed by atoms with E-state index in [-0.39, 0.29) is 12.1 Å². The minimum atomic E-state index is -0.172. The molecule has 166 valence electrons. The van der Waals surface area contributed by atoms with Gasteiger partial charge in [0, 0.05) is 25.9 Å². The van der Waals surface area contributed by atoms with Crippen molar-refractivity contribution in [2.24, 2.45) is 11.8 Å². The van der Waals surface area contributed by atoms with Crippen LogP contribution < -0.4 is 0 Å². The van der Waals surface area contributed by atoms with E-state index in [9.17, 15) is 9.59 Å². The summed E-state index contributed by atoms with van der Waals surface area (Å²) in [6.07, 6.45) is 13.9. The maximum absolute atomic E-state index is 12.0. The van der Waals surface area contributed by atoms with E-state index in [4.69, 9.17) is 9.47 Å². The summed E-state index contributed by atoms with van der Waals surface area (Å²) in [5, 5.41) is 0. The van der Waals surface area contributed by atoms with E-state index in [2.05, 4.69) is 18.7 Å². The average molecular weight is 408 g/mol. The predicted molar refractivity (Wildman–Crippen MR) is 113 cm³/mol. The molecule has 2 heterocycles. The summed E-state index contributed by atoms with van der Waals surface area (Å²) >= 11 is 0. The van der Waals surface area contributed by atoms with Crippen LogP contribution in [0.15, 0.2) is 0 Å². The number of fused-ring (bicyclic) bond motifs is 1. The Kier molecular flexibility index (Phi) is 8.40. The Hall–Kier alpha value is -1.10. The molecule has 5 heteroatoms. The Bertz CT molecular complexity index is 551. The SMILES string of the molecule is CCC(CCCC(CCCC(C)C1CCC2OC2C1)OC(C)=O)N1CCCC1=O. The van der Waals surface area contributed by atoms with E-state index in [1.165, 1.54) is 32.6 Å². The lowest BCUT2D eigenvalue weighted by atomic mass is 9.79. The van der Waals surface area contributed by atoms with Gasteiger partial charge in [-0.2, -0.15) is 0 Å². The van der Waals surface area contributed by atoms with Gasteiger partial charge >= 0.3 is 5.97 Å². The first-order valence-corrected chi connectivity index (χ1v) is 12.1. The van der Waals surface area contributed by atoms with Gasteiger partial charge in [0.1, 0.15) is 6.10 Å². The van der Waals surface area contributed by atoms with Gasteiger partial charge < -0.3 is 14.4 Å². The number of carbonyl (C=O) groups excluding carboxylic acids is 2. The Labute approximate surface area is 176 Å². The Morgan fingerprint density at radius 3 is 2.55 bits per heavy atom. The van der Waals surface area contributed by atoms with E-state index >= 15 is 0 Å². The average Bonchev–Trinajstić information content (AvgIpc) is 3.35. The molecule has 2 saturated heterocycles. The van der Waals surface area contributed by atoms with Crippen molar-refractivity contribution in [3.63, 3.8) is 0 Å². The van der Waals surface area contributed by atoms with Crippen LogP contribution in [0.25, 0.3) is 0 Å². The number of hydrogen-bond donors (Lipinski definition) is 0. The summed E-state index contributed by atoms with van der Waals surface area (Å²) in [7, 11) is 0. The number of carbonyl (C=O) groups is 2. The van der Waals surface area contributed by atoms with Crippen molar-refractivity contribution in [1.82, 2.24) is 4.90 Å². The van der Waals surface area contributed by atoms with E-state index in [1.807, 2.05) is 0 Å². The first-order chi connectivity index (χ1) is 14.0. The van der Waals surface area contributed by atoms with Crippen molar-refractivity contribution in [2.45, 2.75) is 122 Å². The van der Waals surface area contributed by atoms with Crippen LogP contribution in [-0.2, 0) is 19.1 Å². The van der Waals surface area contributed by atoms with Crippen LogP contribution in [0.2, 0.25) is 0 Å². The summed E-state index contributed by atoms with van der Waals surface area (Å²) in [4.78, 5) is 25.7. The number of hydrogen-bond acceptors (Lipinski definition) is 4. The molecule has 0 spiro atoms. The number of likely N-dealkylation sites (tertiary alicyclic amines) is 1. The fraction of sp³-hybridized carbons (Fsp3) is 0.917. The molecule has 3 aliphatic rings. The van der Waals surface area contributed by atoms with E-state index in [1.54, 1.807) is 0 Å². The number of rotatable bonds is 12. The molecular formula is C24H41NO4. The molecule has 0 bridgehead atoms. The van der Waals surface area contributed by atoms with Gasteiger partial charge in [-0.15, -0.1) is 0 Å². The Morgan fingerprint density at radius 2 is 1.93 bits per heavy atom. The van der Waals surface area contributed by atoms with Crippen LogP contribution in [0.3, 0.4) is 0 Å². The van der Waals surface area contributed by atoms with Crippen LogP contribution in [0, 0.1) is 11.8 Å². The molecule has 5 nitrogen and oxygen atoms in total. The molecule has 1 amide bonds. The molecule has 3 rings (SSSR count). The molecule has 1 aliphatic carbocycles. The molecule has 29 heavy (non-hydrogen) atoms. The van der Waals surface area contributed by atoms with Gasteiger partial charge in [-0.05, 0) is 76.0 Å². The third-order valence-corrected chi connectivity index (χ3v) is 7.45. The van der Waals surface area contributed by atoms with E-state index in [0.717, 1.165) is 63.3 Å². The number of ether oxygens (including phenoxy) is 2. The highest BCUT2D eigenvalue weighted by atomic mass is 16.6. The number of esters is 1. The summed E-state index contributed by atoms with van der Waals surface area (Å²) in [5.41, 5.74) is 0. The van der Waals surface area contributed by atoms with Gasteiger partial charge in [0.25, 0.3) is 0 Å². The predicted octanol–water partition coefficient (Wildman–Crippen LogP) is 4.86. The largest absolute Gasteiger partial charge is 0.463 e. The second-order valence-electron chi connectivity index (χ2n) is 9.61. The normalized spacial score (nSPS) is 29.3. The minimum absolute atomic E-state index is 0.0222. The lowest BCUT2D eigenvalue weighted by Crippen LogP contribution is -2.35. The zero-order chi connectivity index (χ0) is 20.8. The highest BCUT2D eigenvalue weighted by Gasteiger charge is 2.44. The maximum Gasteiger partial charge on any atom is 0.302 e. The fourth-order valence-corrected chi connectivity index (χ4v) is 5.57. The van der Waals surface area contributed by atoms with Crippen molar-refractivity contribution in [2.75, 3.05) is 6.54 Å². The molecule has 2 aliphatic heterocycles. The van der Waals surface area contributed by atoms with Crippen molar-refractivity contribution in [3.05, 3.63) is 0 Å². The fourth-order valence-electron chi connectivity index (χ4n) is 5.57. The topological polar surface area (TPSA) is 59.1 Å². The van der Waals surface area contributed by atoms with Crippen LogP contribution >= 0.6 is 0 Å². The zero-order valence-corrected chi connectivity index (χ0v) is 18.7. The lowest BCUT2D eigenvalue weighted by Gasteiger charge is -2.28. The smallest absolute Gasteiger partial charge is 0.302 e. The summed E-state index contributed by atoms with van der Waals surface area (Å²) in [5.74, 6) is 1.67. The first kappa shape index (κ1) is 22.6. The number of amides is 1. The molecule has 0 N–H and O–H groups in total. The molecule has 0 aromatic carbocycles. The first-order valence-electron chi connectivity index (χ1n) is 12.1. The Morgan fingerprint density at radius 1 is 1.17 bits per heavy atom. The molecule has 3 fully saturated rings. The number of epoxide rings is 1. The van der Waals surface area contributed by atoms with Gasteiger partial charge in [0.2, 0.25) is 5.91 Å². The molecule has 6 unspecified atom stereocenters. The molecule has 0 aromatic rings. The van der Waals surface area contributed by atoms with Crippen molar-refractivity contribution >= 4 is 11.9 Å². The quantitative estimate of drug-likeness (QED) is 0.342. The van der Waals surface area contributed by atoms with Gasteiger partial charge in [0.05, 0.1) is 12.2 Å². The van der Waals surface area contributed by atoms with Crippen LogP contribution in [0.4, 0.5) is 0 Å². The molecular weight excluding hydrogens is 366 g/mol. The third kappa shape index (κ3) is 6.70. The van der Waals surface area contributed by atoms with Gasteiger partial charge in [0.15, 0.2) is 0 Å². The molecule has 0 radical (unpaired) electrons. The second-order valence-corrected chi connectivity index (χ2v) is 9.61. The van der Waals surface area contributed by atoms with Crippen molar-refractivity contribution in [3.8, 4) is 0 Å². The summed E-state index contributed by atoms with van der Waals surface area (Å²) < 4.78 is 11.3. The van der Waals surface area contributed by atoms with Crippen molar-refractivity contribution < 1.29 is 19.1 Å². The highest BCUT2D eigenvalue weighted by molar-refractivity contribution is 5.78. The maximum atomic E-state index is 12.0. The third-order valence-electron chi connectivity index (χ3n) is 7.45. The summed E-state index contributed by atoms with van der Waals surface area (Å²) in [6.45, 7) is 6.98. The monoisotopic (exact) mass is 407 g/mol. The molecule has 0 aromatic heterocycles. The Balaban J connectivity index is 1.36. The van der Waals surface area contributed by atoms with Gasteiger partial charge in [-0.3, -0.25) is 9.59 Å². The number of nitrogens with zero attached hydrogens (tertiary/aromatic N) is 1. The zero-order valence-electron chi connectivity index (χ0n) is 18.7. The van der Waals surface area contributed by atoms with Gasteiger partial charge in [-0.1, -0.05) is 20.3 Å². The van der Waals surface area contributed by atoms with Gasteiger partial charge in [-0.25, -0.2) is 0 Å². The summed E-state index contributed by atoms with van der Waals surface area (Å²) in [6, 6.07) is 0.350.